The largest absolute Gasteiger partial charge is 0.368 e. The van der Waals surface area contributed by atoms with Gasteiger partial charge in [0, 0.05) is 5.69 Å². The number of fused-ring (bicyclic) bond motifs is 1. The summed E-state index contributed by atoms with van der Waals surface area (Å²) in [7, 11) is 0. The van der Waals surface area contributed by atoms with Crippen molar-refractivity contribution in [1.29, 1.82) is 0 Å². The molecule has 1 aliphatic heterocycles. The first-order valence-corrected chi connectivity index (χ1v) is 6.68. The molecule has 0 radical (unpaired) electrons. The number of rotatable bonds is 4. The van der Waals surface area contributed by atoms with Gasteiger partial charge in [-0.05, 0) is 43.7 Å². The zero-order chi connectivity index (χ0) is 13.2. The molecule has 2 aliphatic rings. The Kier molecular flexibility index (Phi) is 3.48. The van der Waals surface area contributed by atoms with Gasteiger partial charge in [0.1, 0.15) is 12.7 Å². The van der Waals surface area contributed by atoms with Gasteiger partial charge in [0.05, 0.1) is 12.3 Å². The molecule has 1 aromatic heterocycles. The van der Waals surface area contributed by atoms with Gasteiger partial charge in [-0.1, -0.05) is 6.07 Å². The number of nitrogens with one attached hydrogen (secondary N) is 1. The number of pyridine rings is 1. The fourth-order valence-corrected chi connectivity index (χ4v) is 2.50. The van der Waals surface area contributed by atoms with E-state index in [4.69, 9.17) is 9.57 Å². The molecule has 0 spiro atoms. The summed E-state index contributed by atoms with van der Waals surface area (Å²) < 4.78 is 5.51. The molecule has 2 fully saturated rings. The Balaban J connectivity index is 1.43. The zero-order valence-corrected chi connectivity index (χ0v) is 11.0. The van der Waals surface area contributed by atoms with E-state index in [1.165, 1.54) is 6.42 Å². The first-order valence-electron chi connectivity index (χ1n) is 6.68. The molecule has 1 saturated carbocycles. The summed E-state index contributed by atoms with van der Waals surface area (Å²) >= 11 is 0. The molecule has 0 aromatic carbocycles. The summed E-state index contributed by atoms with van der Waals surface area (Å²) in [6, 6.07) is 5.70. The number of hydrogen-bond donors (Lipinski definition) is 1. The van der Waals surface area contributed by atoms with Gasteiger partial charge in [-0.15, -0.1) is 0 Å². The first kappa shape index (κ1) is 12.6. The van der Waals surface area contributed by atoms with Crippen LogP contribution < -0.4 is 5.48 Å². The van der Waals surface area contributed by atoms with E-state index in [-0.39, 0.29) is 18.6 Å². The highest BCUT2D eigenvalue weighted by molar-refractivity contribution is 5.79. The number of nitrogens with zero attached hydrogens (tertiary/aromatic N) is 1. The Morgan fingerprint density at radius 1 is 1.47 bits per heavy atom. The number of amides is 1. The molecule has 5 nitrogen and oxygen atoms in total. The quantitative estimate of drug-likeness (QED) is 0.832. The van der Waals surface area contributed by atoms with Crippen LogP contribution in [0.15, 0.2) is 18.2 Å². The molecule has 102 valence electrons. The van der Waals surface area contributed by atoms with Gasteiger partial charge in [-0.2, -0.15) is 0 Å². The lowest BCUT2D eigenvalue weighted by molar-refractivity contribution is -0.149. The van der Waals surface area contributed by atoms with E-state index < -0.39 is 0 Å². The number of aryl methyl sites for hydroxylation is 1. The van der Waals surface area contributed by atoms with E-state index in [1.54, 1.807) is 0 Å². The van der Waals surface area contributed by atoms with Gasteiger partial charge in [-0.25, -0.2) is 5.48 Å². The lowest BCUT2D eigenvalue weighted by Crippen LogP contribution is -2.39. The number of aromatic nitrogens is 1. The van der Waals surface area contributed by atoms with Crippen LogP contribution in [-0.4, -0.2) is 23.6 Å². The minimum atomic E-state index is -0.353. The predicted molar refractivity (Wildman–Crippen MR) is 67.9 cm³/mol. The SMILES string of the molecule is Cc1cccc(CONC(=O)C2CC3CC3CO2)n1. The average molecular weight is 262 g/mol. The summed E-state index contributed by atoms with van der Waals surface area (Å²) in [5.41, 5.74) is 4.19. The lowest BCUT2D eigenvalue weighted by Gasteiger charge is -2.20. The van der Waals surface area contributed by atoms with Crippen LogP contribution in [0.5, 0.6) is 0 Å². The van der Waals surface area contributed by atoms with Crippen LogP contribution in [0.2, 0.25) is 0 Å². The van der Waals surface area contributed by atoms with Crippen LogP contribution in [0.25, 0.3) is 0 Å². The van der Waals surface area contributed by atoms with Crippen LogP contribution in [0.1, 0.15) is 24.2 Å². The Hall–Kier alpha value is -1.46. The maximum atomic E-state index is 11.8. The summed E-state index contributed by atoms with van der Waals surface area (Å²) in [6.07, 6.45) is 1.68. The van der Waals surface area contributed by atoms with Gasteiger partial charge in [-0.3, -0.25) is 14.6 Å². The molecule has 19 heavy (non-hydrogen) atoms. The zero-order valence-electron chi connectivity index (χ0n) is 11.0. The maximum absolute atomic E-state index is 11.8. The first-order chi connectivity index (χ1) is 9.22. The summed E-state index contributed by atoms with van der Waals surface area (Å²) in [4.78, 5) is 21.3. The van der Waals surface area contributed by atoms with Crippen molar-refractivity contribution in [3.63, 3.8) is 0 Å². The highest BCUT2D eigenvalue weighted by Crippen LogP contribution is 2.45. The van der Waals surface area contributed by atoms with Crippen molar-refractivity contribution in [3.8, 4) is 0 Å². The van der Waals surface area contributed by atoms with E-state index in [0.29, 0.717) is 18.4 Å². The maximum Gasteiger partial charge on any atom is 0.272 e. The van der Waals surface area contributed by atoms with Crippen LogP contribution in [-0.2, 0) is 21.0 Å². The van der Waals surface area contributed by atoms with Crippen molar-refractivity contribution in [2.45, 2.75) is 32.5 Å². The van der Waals surface area contributed by atoms with E-state index in [0.717, 1.165) is 17.8 Å². The van der Waals surface area contributed by atoms with E-state index in [9.17, 15) is 4.79 Å². The Labute approximate surface area is 112 Å². The molecule has 3 unspecified atom stereocenters. The highest BCUT2D eigenvalue weighted by atomic mass is 16.7. The van der Waals surface area contributed by atoms with Crippen LogP contribution in [0.4, 0.5) is 0 Å². The standard InChI is InChI=1S/C14H18N2O3/c1-9-3-2-4-12(15-9)8-19-16-14(17)13-6-10-5-11(10)7-18-13/h2-4,10-11,13H,5-8H2,1H3,(H,16,17). The molecular weight excluding hydrogens is 244 g/mol. The fourth-order valence-electron chi connectivity index (χ4n) is 2.50. The second-order valence-electron chi connectivity index (χ2n) is 5.34. The van der Waals surface area contributed by atoms with Crippen molar-refractivity contribution >= 4 is 5.91 Å². The molecule has 3 atom stereocenters. The summed E-state index contributed by atoms with van der Waals surface area (Å²) in [6.45, 7) is 2.90. The van der Waals surface area contributed by atoms with E-state index in [1.807, 2.05) is 25.1 Å². The third kappa shape index (κ3) is 3.11. The molecule has 1 aromatic rings. The number of carbonyl (C=O) groups excluding carboxylic acids is 1. The highest BCUT2D eigenvalue weighted by Gasteiger charge is 2.44. The van der Waals surface area contributed by atoms with Crippen molar-refractivity contribution in [3.05, 3.63) is 29.6 Å². The molecule has 1 N–H and O–H groups in total. The minimum absolute atomic E-state index is 0.182. The van der Waals surface area contributed by atoms with Crippen molar-refractivity contribution < 1.29 is 14.4 Å². The second-order valence-corrected chi connectivity index (χ2v) is 5.34. The third-order valence-electron chi connectivity index (χ3n) is 3.73. The number of carbonyl (C=O) groups is 1. The molecular formula is C14H18N2O3. The van der Waals surface area contributed by atoms with Gasteiger partial charge >= 0.3 is 0 Å². The van der Waals surface area contributed by atoms with Gasteiger partial charge < -0.3 is 4.74 Å². The second kappa shape index (κ2) is 5.27. The average Bonchev–Trinajstić information content (AvgIpc) is 3.16. The fraction of sp³-hybridized carbons (Fsp3) is 0.571. The van der Waals surface area contributed by atoms with Crippen molar-refractivity contribution in [2.75, 3.05) is 6.61 Å². The molecule has 1 saturated heterocycles. The molecule has 1 amide bonds. The monoisotopic (exact) mass is 262 g/mol. The third-order valence-corrected chi connectivity index (χ3v) is 3.73. The molecule has 1 aliphatic carbocycles. The van der Waals surface area contributed by atoms with E-state index in [2.05, 4.69) is 10.5 Å². The van der Waals surface area contributed by atoms with Crippen LogP contribution in [0, 0.1) is 18.8 Å². The Bertz CT molecular complexity index is 478. The molecule has 2 heterocycles. The number of hydroxylamine groups is 1. The Morgan fingerprint density at radius 3 is 3.16 bits per heavy atom. The van der Waals surface area contributed by atoms with Crippen LogP contribution in [0.3, 0.4) is 0 Å². The minimum Gasteiger partial charge on any atom is -0.368 e. The summed E-state index contributed by atoms with van der Waals surface area (Å²) in [5.74, 6) is 1.20. The normalized spacial score (nSPS) is 28.6. The van der Waals surface area contributed by atoms with Gasteiger partial charge in [0.25, 0.3) is 5.91 Å². The van der Waals surface area contributed by atoms with E-state index >= 15 is 0 Å². The number of hydrogen-bond acceptors (Lipinski definition) is 4. The molecule has 0 bridgehead atoms. The molecule has 3 rings (SSSR count). The van der Waals surface area contributed by atoms with Gasteiger partial charge in [0.15, 0.2) is 0 Å². The molecule has 5 heteroatoms. The van der Waals surface area contributed by atoms with Crippen molar-refractivity contribution in [1.82, 2.24) is 10.5 Å². The predicted octanol–water partition coefficient (Wildman–Crippen LogP) is 1.36. The lowest BCUT2D eigenvalue weighted by atomic mass is 10.1. The summed E-state index contributed by atoms with van der Waals surface area (Å²) in [5, 5.41) is 0. The topological polar surface area (TPSA) is 60.5 Å². The van der Waals surface area contributed by atoms with Gasteiger partial charge in [0.2, 0.25) is 0 Å². The Morgan fingerprint density at radius 2 is 2.37 bits per heavy atom. The smallest absolute Gasteiger partial charge is 0.272 e. The van der Waals surface area contributed by atoms with Crippen molar-refractivity contribution in [2.24, 2.45) is 11.8 Å². The number of ether oxygens (including phenoxy) is 1. The van der Waals surface area contributed by atoms with Crippen LogP contribution >= 0.6 is 0 Å².